The van der Waals surface area contributed by atoms with E-state index in [1.807, 2.05) is 24.3 Å². The van der Waals surface area contributed by atoms with Crippen LogP contribution in [0.25, 0.3) is 11.0 Å². The van der Waals surface area contributed by atoms with Crippen LogP contribution in [0, 0.1) is 0 Å². The summed E-state index contributed by atoms with van der Waals surface area (Å²) in [6.07, 6.45) is 4.79. The van der Waals surface area contributed by atoms with Gasteiger partial charge in [-0.3, -0.25) is 0 Å². The standard InChI is InChI=1S/C13H18N4/c14-9-13(7-3-4-8-13)17-12-15-10-5-1-2-6-11(10)16-12/h1-2,5-6H,3-4,7-9,14H2,(H2,15,16,17). The van der Waals surface area contributed by atoms with Crippen LogP contribution < -0.4 is 11.1 Å². The van der Waals surface area contributed by atoms with Gasteiger partial charge in [-0.2, -0.15) is 0 Å². The molecule has 4 N–H and O–H groups in total. The number of benzene rings is 1. The summed E-state index contributed by atoms with van der Waals surface area (Å²) in [7, 11) is 0. The zero-order valence-electron chi connectivity index (χ0n) is 9.87. The van der Waals surface area contributed by atoms with E-state index in [0.29, 0.717) is 6.54 Å². The van der Waals surface area contributed by atoms with Crippen molar-refractivity contribution in [3.05, 3.63) is 24.3 Å². The lowest BCUT2D eigenvalue weighted by atomic mass is 9.98. The Balaban J connectivity index is 1.89. The maximum Gasteiger partial charge on any atom is 0.201 e. The Morgan fingerprint density at radius 2 is 2.06 bits per heavy atom. The van der Waals surface area contributed by atoms with Gasteiger partial charge in [-0.25, -0.2) is 4.98 Å². The number of hydrogen-bond acceptors (Lipinski definition) is 3. The van der Waals surface area contributed by atoms with Crippen molar-refractivity contribution in [1.29, 1.82) is 0 Å². The van der Waals surface area contributed by atoms with Crippen LogP contribution in [0.1, 0.15) is 25.7 Å². The first kappa shape index (κ1) is 10.6. The van der Waals surface area contributed by atoms with Crippen molar-refractivity contribution in [1.82, 2.24) is 9.97 Å². The van der Waals surface area contributed by atoms with Gasteiger partial charge in [-0.1, -0.05) is 25.0 Å². The Kier molecular flexibility index (Phi) is 2.52. The minimum Gasteiger partial charge on any atom is -0.349 e. The molecule has 90 valence electrons. The number of aromatic nitrogens is 2. The molecule has 0 amide bonds. The van der Waals surface area contributed by atoms with Crippen LogP contribution >= 0.6 is 0 Å². The summed E-state index contributed by atoms with van der Waals surface area (Å²) in [5.41, 5.74) is 8.03. The average molecular weight is 230 g/mol. The molecule has 0 atom stereocenters. The van der Waals surface area contributed by atoms with Gasteiger partial charge >= 0.3 is 0 Å². The van der Waals surface area contributed by atoms with E-state index < -0.39 is 0 Å². The lowest BCUT2D eigenvalue weighted by Crippen LogP contribution is -2.43. The van der Waals surface area contributed by atoms with E-state index in [0.717, 1.165) is 29.8 Å². The van der Waals surface area contributed by atoms with E-state index in [-0.39, 0.29) is 5.54 Å². The first-order chi connectivity index (χ1) is 8.31. The summed E-state index contributed by atoms with van der Waals surface area (Å²) >= 11 is 0. The number of anilines is 1. The third-order valence-electron chi connectivity index (χ3n) is 3.72. The third-order valence-corrected chi connectivity index (χ3v) is 3.72. The Morgan fingerprint density at radius 3 is 2.76 bits per heavy atom. The van der Waals surface area contributed by atoms with Gasteiger partial charge in [-0.05, 0) is 25.0 Å². The molecule has 0 bridgehead atoms. The molecule has 0 spiro atoms. The second-order valence-corrected chi connectivity index (χ2v) is 4.92. The molecule has 1 aromatic heterocycles. The number of fused-ring (bicyclic) bond motifs is 1. The zero-order valence-corrected chi connectivity index (χ0v) is 9.87. The van der Waals surface area contributed by atoms with Crippen LogP contribution in [0.3, 0.4) is 0 Å². The number of nitrogens with zero attached hydrogens (tertiary/aromatic N) is 1. The second kappa shape index (κ2) is 4.04. The SMILES string of the molecule is NCC1(Nc2nc3ccccc3[nH]2)CCCC1. The summed E-state index contributed by atoms with van der Waals surface area (Å²) in [5.74, 6) is 0.846. The Labute approximate surface area is 101 Å². The highest BCUT2D eigenvalue weighted by atomic mass is 15.2. The van der Waals surface area contributed by atoms with Crippen LogP contribution in [0.15, 0.2) is 24.3 Å². The minimum absolute atomic E-state index is 0.0495. The van der Waals surface area contributed by atoms with Gasteiger partial charge in [0.1, 0.15) is 0 Å². The molecule has 1 aliphatic carbocycles. The molecule has 0 unspecified atom stereocenters. The molecule has 1 aromatic carbocycles. The highest BCUT2D eigenvalue weighted by molar-refractivity contribution is 5.77. The predicted molar refractivity (Wildman–Crippen MR) is 70.0 cm³/mol. The highest BCUT2D eigenvalue weighted by Crippen LogP contribution is 2.31. The first-order valence-electron chi connectivity index (χ1n) is 6.24. The third kappa shape index (κ3) is 1.89. The number of imidazole rings is 1. The Morgan fingerprint density at radius 1 is 1.29 bits per heavy atom. The maximum absolute atomic E-state index is 5.91. The van der Waals surface area contributed by atoms with Crippen LogP contribution in [0.4, 0.5) is 5.95 Å². The molecule has 1 aliphatic rings. The molecule has 4 heteroatoms. The van der Waals surface area contributed by atoms with Crippen LogP contribution in [0.2, 0.25) is 0 Å². The van der Waals surface area contributed by atoms with Gasteiger partial charge in [0.2, 0.25) is 5.95 Å². The molecule has 2 aromatic rings. The highest BCUT2D eigenvalue weighted by Gasteiger charge is 2.32. The van der Waals surface area contributed by atoms with Gasteiger partial charge in [0, 0.05) is 6.54 Å². The van der Waals surface area contributed by atoms with Crippen molar-refractivity contribution in [2.45, 2.75) is 31.2 Å². The van der Waals surface area contributed by atoms with Crippen molar-refractivity contribution in [3.63, 3.8) is 0 Å². The molecule has 0 radical (unpaired) electrons. The monoisotopic (exact) mass is 230 g/mol. The second-order valence-electron chi connectivity index (χ2n) is 4.92. The van der Waals surface area contributed by atoms with E-state index in [1.54, 1.807) is 0 Å². The van der Waals surface area contributed by atoms with Crippen molar-refractivity contribution < 1.29 is 0 Å². The smallest absolute Gasteiger partial charge is 0.201 e. The van der Waals surface area contributed by atoms with Crippen molar-refractivity contribution in [2.75, 3.05) is 11.9 Å². The molecular formula is C13H18N4. The fourth-order valence-corrected chi connectivity index (χ4v) is 2.70. The van der Waals surface area contributed by atoms with Crippen molar-refractivity contribution >= 4 is 17.0 Å². The number of nitrogens with one attached hydrogen (secondary N) is 2. The number of hydrogen-bond donors (Lipinski definition) is 3. The minimum atomic E-state index is 0.0495. The molecule has 1 fully saturated rings. The lowest BCUT2D eigenvalue weighted by molar-refractivity contribution is 0.490. The number of para-hydroxylation sites is 2. The molecule has 4 nitrogen and oxygen atoms in total. The van der Waals surface area contributed by atoms with Gasteiger partial charge in [0.15, 0.2) is 0 Å². The number of rotatable bonds is 3. The quantitative estimate of drug-likeness (QED) is 0.757. The molecule has 17 heavy (non-hydrogen) atoms. The molecule has 1 heterocycles. The number of nitrogens with two attached hydrogens (primary N) is 1. The van der Waals surface area contributed by atoms with E-state index >= 15 is 0 Å². The van der Waals surface area contributed by atoms with Crippen LogP contribution in [0.5, 0.6) is 0 Å². The fraction of sp³-hybridized carbons (Fsp3) is 0.462. The van der Waals surface area contributed by atoms with Crippen molar-refractivity contribution in [2.24, 2.45) is 5.73 Å². The number of H-pyrrole nitrogens is 1. The zero-order chi connectivity index (χ0) is 11.7. The average Bonchev–Trinajstić information content (AvgIpc) is 2.95. The summed E-state index contributed by atoms with van der Waals surface area (Å²) in [4.78, 5) is 7.85. The summed E-state index contributed by atoms with van der Waals surface area (Å²) in [6, 6.07) is 8.07. The van der Waals surface area contributed by atoms with E-state index in [9.17, 15) is 0 Å². The van der Waals surface area contributed by atoms with Crippen LogP contribution in [-0.2, 0) is 0 Å². The summed E-state index contributed by atoms with van der Waals surface area (Å²) in [5, 5.41) is 3.50. The normalized spacial score (nSPS) is 18.6. The van der Waals surface area contributed by atoms with Gasteiger partial charge < -0.3 is 16.0 Å². The molecule has 0 aliphatic heterocycles. The molecule has 3 rings (SSSR count). The largest absolute Gasteiger partial charge is 0.349 e. The first-order valence-corrected chi connectivity index (χ1v) is 6.24. The van der Waals surface area contributed by atoms with Crippen molar-refractivity contribution in [3.8, 4) is 0 Å². The maximum atomic E-state index is 5.91. The molecule has 1 saturated carbocycles. The summed E-state index contributed by atoms with van der Waals surface area (Å²) < 4.78 is 0. The topological polar surface area (TPSA) is 66.7 Å². The number of aromatic amines is 1. The van der Waals surface area contributed by atoms with Gasteiger partial charge in [0.25, 0.3) is 0 Å². The predicted octanol–water partition coefficient (Wildman–Crippen LogP) is 2.25. The van der Waals surface area contributed by atoms with E-state index in [2.05, 4.69) is 15.3 Å². The Hall–Kier alpha value is -1.55. The lowest BCUT2D eigenvalue weighted by Gasteiger charge is -2.28. The fourth-order valence-electron chi connectivity index (χ4n) is 2.70. The molecular weight excluding hydrogens is 212 g/mol. The Bertz CT molecular complexity index is 478. The van der Waals surface area contributed by atoms with Gasteiger partial charge in [0.05, 0.1) is 16.6 Å². The van der Waals surface area contributed by atoms with E-state index in [4.69, 9.17) is 5.73 Å². The molecule has 0 saturated heterocycles. The summed E-state index contributed by atoms with van der Waals surface area (Å²) in [6.45, 7) is 0.671. The van der Waals surface area contributed by atoms with E-state index in [1.165, 1.54) is 12.8 Å². The van der Waals surface area contributed by atoms with Gasteiger partial charge in [-0.15, -0.1) is 0 Å². The van der Waals surface area contributed by atoms with Crippen LogP contribution in [-0.4, -0.2) is 22.1 Å².